The summed E-state index contributed by atoms with van der Waals surface area (Å²) in [7, 11) is 1.89. The molecule has 0 bridgehead atoms. The van der Waals surface area contributed by atoms with Crippen LogP contribution in [0.2, 0.25) is 0 Å². The molecule has 17 heavy (non-hydrogen) atoms. The molecular formula is C13H16N4. The molecule has 2 aromatic rings. The maximum absolute atomic E-state index is 6.41. The second-order valence-corrected chi connectivity index (χ2v) is 4.78. The minimum Gasteiger partial charge on any atom is -0.322 e. The van der Waals surface area contributed by atoms with Crippen molar-refractivity contribution in [3.05, 3.63) is 47.8 Å². The van der Waals surface area contributed by atoms with Crippen molar-refractivity contribution in [2.75, 3.05) is 0 Å². The van der Waals surface area contributed by atoms with Crippen molar-refractivity contribution in [1.82, 2.24) is 15.0 Å². The van der Waals surface area contributed by atoms with Gasteiger partial charge in [0.05, 0.1) is 17.9 Å². The highest BCUT2D eigenvalue weighted by atomic mass is 15.4. The Morgan fingerprint density at radius 2 is 2.00 bits per heavy atom. The summed E-state index contributed by atoms with van der Waals surface area (Å²) < 4.78 is 1.77. The quantitative estimate of drug-likeness (QED) is 0.867. The molecule has 1 fully saturated rings. The third kappa shape index (κ3) is 1.56. The first-order chi connectivity index (χ1) is 8.24. The zero-order chi connectivity index (χ0) is 11.9. The lowest BCUT2D eigenvalue weighted by molar-refractivity contribution is 0.500. The van der Waals surface area contributed by atoms with Crippen molar-refractivity contribution in [3.63, 3.8) is 0 Å². The number of rotatable bonds is 3. The molecule has 0 spiro atoms. The highest BCUT2D eigenvalue weighted by Crippen LogP contribution is 2.55. The Bertz CT molecular complexity index is 513. The smallest absolute Gasteiger partial charge is 0.0760 e. The van der Waals surface area contributed by atoms with Crippen LogP contribution in [0.5, 0.6) is 0 Å². The van der Waals surface area contributed by atoms with Gasteiger partial charge in [0.25, 0.3) is 0 Å². The lowest BCUT2D eigenvalue weighted by Crippen LogP contribution is -2.28. The van der Waals surface area contributed by atoms with E-state index in [1.165, 1.54) is 5.56 Å². The summed E-state index contributed by atoms with van der Waals surface area (Å²) in [5, 5.41) is 7.87. The average molecular weight is 228 g/mol. The summed E-state index contributed by atoms with van der Waals surface area (Å²) in [6.07, 6.45) is 4.06. The molecule has 1 saturated carbocycles. The first-order valence-electron chi connectivity index (χ1n) is 5.90. The summed E-state index contributed by atoms with van der Waals surface area (Å²) in [5.41, 5.74) is 8.84. The third-order valence-electron chi connectivity index (χ3n) is 3.80. The van der Waals surface area contributed by atoms with Gasteiger partial charge in [-0.25, -0.2) is 0 Å². The lowest BCUT2D eigenvalue weighted by Gasteiger charge is -2.23. The fraction of sp³-hybridized carbons (Fsp3) is 0.385. The predicted molar refractivity (Wildman–Crippen MR) is 65.3 cm³/mol. The Kier molecular flexibility index (Phi) is 2.26. The number of aryl methyl sites for hydroxylation is 1. The second kappa shape index (κ2) is 3.67. The first-order valence-corrected chi connectivity index (χ1v) is 5.90. The topological polar surface area (TPSA) is 56.7 Å². The van der Waals surface area contributed by atoms with Gasteiger partial charge in [-0.15, -0.1) is 5.10 Å². The van der Waals surface area contributed by atoms with E-state index in [1.54, 1.807) is 10.9 Å². The number of hydrogen-bond donors (Lipinski definition) is 1. The van der Waals surface area contributed by atoms with E-state index in [1.807, 2.05) is 13.1 Å². The number of aromatic nitrogens is 3. The van der Waals surface area contributed by atoms with Crippen LogP contribution in [0.4, 0.5) is 0 Å². The number of nitrogens with two attached hydrogens (primary N) is 1. The van der Waals surface area contributed by atoms with Gasteiger partial charge in [0.15, 0.2) is 0 Å². The Labute approximate surface area is 100 Å². The molecule has 0 saturated heterocycles. The monoisotopic (exact) mass is 228 g/mol. The van der Waals surface area contributed by atoms with Gasteiger partial charge in [0.2, 0.25) is 0 Å². The first kappa shape index (κ1) is 10.5. The molecule has 1 aromatic carbocycles. The van der Waals surface area contributed by atoms with Crippen LogP contribution in [0.25, 0.3) is 0 Å². The molecule has 0 amide bonds. The fourth-order valence-corrected chi connectivity index (χ4v) is 2.55. The van der Waals surface area contributed by atoms with Crippen molar-refractivity contribution in [3.8, 4) is 0 Å². The van der Waals surface area contributed by atoms with Gasteiger partial charge >= 0.3 is 0 Å². The summed E-state index contributed by atoms with van der Waals surface area (Å²) in [6.45, 7) is 0. The van der Waals surface area contributed by atoms with Crippen LogP contribution in [0, 0.1) is 0 Å². The Morgan fingerprint density at radius 1 is 1.29 bits per heavy atom. The molecule has 4 heteroatoms. The van der Waals surface area contributed by atoms with Crippen molar-refractivity contribution >= 4 is 0 Å². The van der Waals surface area contributed by atoms with Crippen molar-refractivity contribution in [2.45, 2.75) is 24.3 Å². The van der Waals surface area contributed by atoms with Gasteiger partial charge in [-0.3, -0.25) is 4.68 Å². The predicted octanol–water partition coefficient (Wildman–Crippen LogP) is 1.55. The highest BCUT2D eigenvalue weighted by Gasteiger charge is 2.50. The molecule has 4 nitrogen and oxygen atoms in total. The molecule has 0 aliphatic heterocycles. The van der Waals surface area contributed by atoms with E-state index in [4.69, 9.17) is 5.73 Å². The zero-order valence-corrected chi connectivity index (χ0v) is 9.87. The summed E-state index contributed by atoms with van der Waals surface area (Å²) in [5.74, 6) is 0. The maximum Gasteiger partial charge on any atom is 0.0760 e. The summed E-state index contributed by atoms with van der Waals surface area (Å²) in [4.78, 5) is 0. The highest BCUT2D eigenvalue weighted by molar-refractivity contribution is 5.35. The molecule has 1 aliphatic carbocycles. The van der Waals surface area contributed by atoms with Gasteiger partial charge in [0, 0.05) is 12.5 Å². The lowest BCUT2D eigenvalue weighted by atomic mass is 9.87. The van der Waals surface area contributed by atoms with Crippen LogP contribution in [0.3, 0.4) is 0 Å². The van der Waals surface area contributed by atoms with E-state index >= 15 is 0 Å². The molecule has 1 aromatic heterocycles. The molecule has 1 unspecified atom stereocenters. The molecule has 0 radical (unpaired) electrons. The van der Waals surface area contributed by atoms with Crippen molar-refractivity contribution < 1.29 is 0 Å². The molecule has 88 valence electrons. The fourth-order valence-electron chi connectivity index (χ4n) is 2.55. The molecule has 2 N–H and O–H groups in total. The largest absolute Gasteiger partial charge is 0.322 e. The van der Waals surface area contributed by atoms with E-state index in [2.05, 4.69) is 34.6 Å². The standard InChI is InChI=1S/C13H16N4/c1-17-11(9-15-16-17)12(14)13(7-8-13)10-5-3-2-4-6-10/h2-6,9,12H,7-8,14H2,1H3. The molecule has 1 aliphatic rings. The Morgan fingerprint density at radius 3 is 2.53 bits per heavy atom. The van der Waals surface area contributed by atoms with Crippen LogP contribution in [0.1, 0.15) is 30.1 Å². The van der Waals surface area contributed by atoms with Gasteiger partial charge < -0.3 is 5.73 Å². The normalized spacial score (nSPS) is 18.9. The van der Waals surface area contributed by atoms with Crippen molar-refractivity contribution in [2.24, 2.45) is 12.8 Å². The van der Waals surface area contributed by atoms with E-state index < -0.39 is 0 Å². The number of nitrogens with zero attached hydrogens (tertiary/aromatic N) is 3. The van der Waals surface area contributed by atoms with Crippen molar-refractivity contribution in [1.29, 1.82) is 0 Å². The van der Waals surface area contributed by atoms with Gasteiger partial charge in [-0.2, -0.15) is 0 Å². The number of benzene rings is 1. The maximum atomic E-state index is 6.41. The van der Waals surface area contributed by atoms with E-state index in [0.717, 1.165) is 18.5 Å². The minimum absolute atomic E-state index is 0.0232. The van der Waals surface area contributed by atoms with Gasteiger partial charge in [0.1, 0.15) is 0 Å². The number of hydrogen-bond acceptors (Lipinski definition) is 3. The zero-order valence-electron chi connectivity index (χ0n) is 9.87. The molecular weight excluding hydrogens is 212 g/mol. The van der Waals surface area contributed by atoms with Crippen LogP contribution in [-0.4, -0.2) is 15.0 Å². The molecule has 3 rings (SSSR count). The van der Waals surface area contributed by atoms with E-state index in [9.17, 15) is 0 Å². The second-order valence-electron chi connectivity index (χ2n) is 4.78. The van der Waals surface area contributed by atoms with Crippen LogP contribution < -0.4 is 5.73 Å². The van der Waals surface area contributed by atoms with Gasteiger partial charge in [-0.1, -0.05) is 35.5 Å². The van der Waals surface area contributed by atoms with Crippen LogP contribution in [-0.2, 0) is 12.5 Å². The average Bonchev–Trinajstić information content (AvgIpc) is 3.07. The molecule has 1 atom stereocenters. The summed E-state index contributed by atoms with van der Waals surface area (Å²) in [6, 6.07) is 10.5. The summed E-state index contributed by atoms with van der Waals surface area (Å²) >= 11 is 0. The third-order valence-corrected chi connectivity index (χ3v) is 3.80. The minimum atomic E-state index is -0.0232. The van der Waals surface area contributed by atoms with E-state index in [-0.39, 0.29) is 11.5 Å². The Balaban J connectivity index is 1.97. The van der Waals surface area contributed by atoms with Gasteiger partial charge in [-0.05, 0) is 18.4 Å². The SMILES string of the molecule is Cn1nncc1C(N)C1(c2ccccc2)CC1. The van der Waals surface area contributed by atoms with Crippen LogP contribution in [0.15, 0.2) is 36.5 Å². The van der Waals surface area contributed by atoms with Crippen LogP contribution >= 0.6 is 0 Å². The van der Waals surface area contributed by atoms with E-state index in [0.29, 0.717) is 0 Å². The Hall–Kier alpha value is -1.68. The molecule has 1 heterocycles.